The van der Waals surface area contributed by atoms with E-state index in [1.807, 2.05) is 12.1 Å². The summed E-state index contributed by atoms with van der Waals surface area (Å²) in [5.41, 5.74) is 1.93. The number of carbonyl (C=O) groups excluding carboxylic acids is 1. The van der Waals surface area contributed by atoms with Gasteiger partial charge in [0, 0.05) is 31.1 Å². The van der Waals surface area contributed by atoms with Crippen molar-refractivity contribution in [2.45, 2.75) is 39.7 Å². The van der Waals surface area contributed by atoms with Gasteiger partial charge < -0.3 is 0 Å². The van der Waals surface area contributed by atoms with Crippen molar-refractivity contribution in [2.75, 3.05) is 32.4 Å². The first-order chi connectivity index (χ1) is 12.8. The van der Waals surface area contributed by atoms with Gasteiger partial charge in [-0.1, -0.05) is 44.5 Å². The fourth-order valence-electron chi connectivity index (χ4n) is 4.38. The highest BCUT2D eigenvalue weighted by atomic mass is 32.2. The third kappa shape index (κ3) is 4.98. The van der Waals surface area contributed by atoms with E-state index in [1.54, 1.807) is 0 Å². The summed E-state index contributed by atoms with van der Waals surface area (Å²) in [6.45, 7) is 8.13. The van der Waals surface area contributed by atoms with E-state index < -0.39 is 10.0 Å². The molecule has 0 radical (unpaired) electrons. The number of Topliss-reactive ketones (excluding diaryl/α,β-unsaturated/α-hetero) is 1. The molecule has 0 N–H and O–H groups in total. The standard InChI is InChI=1S/C21H32N2O3S/c1-16(2)19-14-23(27(3,25)26)15-20(19)21(24)18-9-7-17(8-10-18)13-22-11-5-4-6-12-22/h7-10,16,19-20H,4-6,11-15H2,1-3H3/t19-,20?/m1/s1. The van der Waals surface area contributed by atoms with E-state index in [2.05, 4.69) is 30.9 Å². The minimum absolute atomic E-state index is 0.0697. The van der Waals surface area contributed by atoms with E-state index in [1.165, 1.54) is 35.4 Å². The van der Waals surface area contributed by atoms with Crippen LogP contribution in [-0.4, -0.2) is 55.8 Å². The third-order valence-corrected chi connectivity index (χ3v) is 7.32. The summed E-state index contributed by atoms with van der Waals surface area (Å²) in [4.78, 5) is 15.6. The molecule has 2 aliphatic rings. The number of piperidine rings is 1. The summed E-state index contributed by atoms with van der Waals surface area (Å²) in [7, 11) is -3.27. The van der Waals surface area contributed by atoms with Crippen molar-refractivity contribution in [1.82, 2.24) is 9.21 Å². The second-order valence-corrected chi connectivity index (χ2v) is 10.5. The molecule has 2 aliphatic heterocycles. The molecule has 0 bridgehead atoms. The smallest absolute Gasteiger partial charge is 0.211 e. The van der Waals surface area contributed by atoms with Crippen LogP contribution in [0.3, 0.4) is 0 Å². The van der Waals surface area contributed by atoms with Gasteiger partial charge in [0.05, 0.1) is 6.26 Å². The van der Waals surface area contributed by atoms with Crippen LogP contribution >= 0.6 is 0 Å². The van der Waals surface area contributed by atoms with E-state index in [4.69, 9.17) is 0 Å². The first-order valence-corrected chi connectivity index (χ1v) is 11.9. The van der Waals surface area contributed by atoms with Gasteiger partial charge in [-0.25, -0.2) is 12.7 Å². The molecule has 2 atom stereocenters. The summed E-state index contributed by atoms with van der Waals surface area (Å²) < 4.78 is 25.4. The van der Waals surface area contributed by atoms with Crippen LogP contribution in [0, 0.1) is 17.8 Å². The number of hydrogen-bond acceptors (Lipinski definition) is 4. The maximum absolute atomic E-state index is 13.1. The van der Waals surface area contributed by atoms with Gasteiger partial charge in [0.1, 0.15) is 0 Å². The average Bonchev–Trinajstić information content (AvgIpc) is 3.09. The van der Waals surface area contributed by atoms with Crippen molar-refractivity contribution in [3.05, 3.63) is 35.4 Å². The number of ketones is 1. The lowest BCUT2D eigenvalue weighted by molar-refractivity contribution is 0.0883. The molecule has 150 valence electrons. The van der Waals surface area contributed by atoms with Crippen LogP contribution in [0.2, 0.25) is 0 Å². The molecule has 1 aromatic carbocycles. The monoisotopic (exact) mass is 392 g/mol. The Bertz CT molecular complexity index is 752. The fraction of sp³-hybridized carbons (Fsp3) is 0.667. The van der Waals surface area contributed by atoms with E-state index >= 15 is 0 Å². The molecule has 6 heteroatoms. The van der Waals surface area contributed by atoms with Gasteiger partial charge in [-0.3, -0.25) is 9.69 Å². The third-order valence-electron chi connectivity index (χ3n) is 6.09. The van der Waals surface area contributed by atoms with Gasteiger partial charge in [-0.05, 0) is 43.3 Å². The molecule has 2 saturated heterocycles. The van der Waals surface area contributed by atoms with E-state index in [-0.39, 0.29) is 23.5 Å². The molecule has 1 unspecified atom stereocenters. The van der Waals surface area contributed by atoms with E-state index in [0.717, 1.165) is 19.6 Å². The molecule has 0 spiro atoms. The molecule has 3 rings (SSSR count). The Labute approximate surface area is 163 Å². The van der Waals surface area contributed by atoms with Crippen molar-refractivity contribution in [1.29, 1.82) is 0 Å². The highest BCUT2D eigenvalue weighted by Gasteiger charge is 2.42. The normalized spacial score (nSPS) is 25.2. The quantitative estimate of drug-likeness (QED) is 0.698. The van der Waals surface area contributed by atoms with Crippen molar-refractivity contribution < 1.29 is 13.2 Å². The summed E-state index contributed by atoms with van der Waals surface area (Å²) in [5.74, 6) is 0.154. The van der Waals surface area contributed by atoms with Gasteiger partial charge >= 0.3 is 0 Å². The first-order valence-electron chi connectivity index (χ1n) is 10.1. The van der Waals surface area contributed by atoms with Crippen LogP contribution in [0.25, 0.3) is 0 Å². The van der Waals surface area contributed by atoms with Crippen LogP contribution in [0.5, 0.6) is 0 Å². The summed E-state index contributed by atoms with van der Waals surface area (Å²) >= 11 is 0. The minimum atomic E-state index is -3.27. The molecule has 1 aromatic rings. The molecule has 0 aromatic heterocycles. The topological polar surface area (TPSA) is 57.7 Å². The Morgan fingerprint density at radius 2 is 1.70 bits per heavy atom. The number of likely N-dealkylation sites (tertiary alicyclic amines) is 1. The predicted molar refractivity (Wildman–Crippen MR) is 108 cm³/mol. The number of sulfonamides is 1. The first kappa shape index (κ1) is 20.5. The molecule has 2 fully saturated rings. The summed E-state index contributed by atoms with van der Waals surface area (Å²) in [6.07, 6.45) is 5.09. The SMILES string of the molecule is CC(C)[C@H]1CN(S(C)(=O)=O)CC1C(=O)c1ccc(CN2CCCCC2)cc1. The van der Waals surface area contributed by atoms with Gasteiger partial charge in [-0.15, -0.1) is 0 Å². The van der Waals surface area contributed by atoms with Crippen molar-refractivity contribution in [3.8, 4) is 0 Å². The molecule has 27 heavy (non-hydrogen) atoms. The zero-order valence-corrected chi connectivity index (χ0v) is 17.5. The molecule has 5 nitrogen and oxygen atoms in total. The Hall–Kier alpha value is -1.24. The van der Waals surface area contributed by atoms with Crippen LogP contribution in [0.4, 0.5) is 0 Å². The highest BCUT2D eigenvalue weighted by molar-refractivity contribution is 7.88. The lowest BCUT2D eigenvalue weighted by Gasteiger charge is -2.26. The largest absolute Gasteiger partial charge is 0.299 e. The molecular weight excluding hydrogens is 360 g/mol. The Morgan fingerprint density at radius 3 is 2.26 bits per heavy atom. The van der Waals surface area contributed by atoms with Crippen molar-refractivity contribution in [3.63, 3.8) is 0 Å². The maximum Gasteiger partial charge on any atom is 0.211 e. The van der Waals surface area contributed by atoms with Crippen LogP contribution in [0.15, 0.2) is 24.3 Å². The average molecular weight is 393 g/mol. The Balaban J connectivity index is 1.70. The molecular formula is C21H32N2O3S. The zero-order chi connectivity index (χ0) is 19.6. The lowest BCUT2D eigenvalue weighted by atomic mass is 9.81. The predicted octanol–water partition coefficient (Wildman–Crippen LogP) is 3.02. The van der Waals surface area contributed by atoms with Crippen molar-refractivity contribution in [2.24, 2.45) is 17.8 Å². The van der Waals surface area contributed by atoms with E-state index in [0.29, 0.717) is 18.7 Å². The maximum atomic E-state index is 13.1. The van der Waals surface area contributed by atoms with Gasteiger partial charge in [0.25, 0.3) is 0 Å². The molecule has 2 heterocycles. The highest BCUT2D eigenvalue weighted by Crippen LogP contribution is 2.33. The number of nitrogens with zero attached hydrogens (tertiary/aromatic N) is 2. The molecule has 0 amide bonds. The second kappa shape index (κ2) is 8.41. The van der Waals surface area contributed by atoms with Crippen LogP contribution < -0.4 is 0 Å². The van der Waals surface area contributed by atoms with Crippen LogP contribution in [-0.2, 0) is 16.6 Å². The molecule has 0 aliphatic carbocycles. The Kier molecular flexibility index (Phi) is 6.39. The molecule has 0 saturated carbocycles. The Morgan fingerprint density at radius 1 is 1.07 bits per heavy atom. The number of carbonyl (C=O) groups is 1. The second-order valence-electron chi connectivity index (χ2n) is 8.49. The minimum Gasteiger partial charge on any atom is -0.299 e. The van der Waals surface area contributed by atoms with Gasteiger partial charge in [0.2, 0.25) is 10.0 Å². The number of rotatable bonds is 6. The zero-order valence-electron chi connectivity index (χ0n) is 16.7. The number of hydrogen-bond donors (Lipinski definition) is 0. The van der Waals surface area contributed by atoms with Crippen molar-refractivity contribution >= 4 is 15.8 Å². The van der Waals surface area contributed by atoms with E-state index in [9.17, 15) is 13.2 Å². The van der Waals surface area contributed by atoms with Gasteiger partial charge in [0.15, 0.2) is 5.78 Å². The van der Waals surface area contributed by atoms with Gasteiger partial charge in [-0.2, -0.15) is 0 Å². The fourth-order valence-corrected chi connectivity index (χ4v) is 5.25. The summed E-state index contributed by atoms with van der Waals surface area (Å²) in [6, 6.07) is 7.94. The lowest BCUT2D eigenvalue weighted by Crippen LogP contribution is -2.29. The summed E-state index contributed by atoms with van der Waals surface area (Å²) in [5, 5.41) is 0. The number of benzene rings is 1. The van der Waals surface area contributed by atoms with Crippen LogP contribution in [0.1, 0.15) is 49.0 Å².